The molecule has 0 radical (unpaired) electrons. The van der Waals surface area contributed by atoms with Crippen LogP contribution in [-0.4, -0.2) is 198 Å². The maximum atomic E-state index is 13.8. The van der Waals surface area contributed by atoms with Gasteiger partial charge in [-0.2, -0.15) is 9.94 Å². The lowest BCUT2D eigenvalue weighted by atomic mass is 9.93. The SMILES string of the molecule is C#CCOCCOCCOCCOCCC(=O)NCCCN(C[C@@H](O)CNC(=O)c1ncn(-c2ncc(OC)c3c(C(=O)C(=O)N4CCC(=C(C#N)c5ccccc5)CC4)c[nH]c23)n1)C(CO)CO. The molecule has 22 nitrogen and oxygen atoms in total. The molecular formula is C47H60N10O12. The first-order valence-electron chi connectivity index (χ1n) is 22.5. The van der Waals surface area contributed by atoms with Crippen molar-refractivity contribution in [2.45, 2.75) is 37.8 Å². The summed E-state index contributed by atoms with van der Waals surface area (Å²) in [6.07, 6.45) is 9.43. The fraction of sp³-hybridized carbons (Fsp3) is 0.489. The number of aliphatic hydroxyl groups is 3. The van der Waals surface area contributed by atoms with E-state index in [1.165, 1.54) is 35.4 Å². The van der Waals surface area contributed by atoms with Gasteiger partial charge in [0.05, 0.1) is 113 Å². The molecule has 3 amide bonds. The van der Waals surface area contributed by atoms with Crippen molar-refractivity contribution in [1.82, 2.24) is 45.2 Å². The molecule has 4 heterocycles. The van der Waals surface area contributed by atoms with Crippen LogP contribution >= 0.6 is 0 Å². The molecule has 69 heavy (non-hydrogen) atoms. The van der Waals surface area contributed by atoms with Crippen LogP contribution in [0.3, 0.4) is 0 Å². The van der Waals surface area contributed by atoms with Gasteiger partial charge in [-0.15, -0.1) is 11.5 Å². The molecule has 1 aliphatic heterocycles. The minimum atomic E-state index is -1.13. The number of carbonyl (C=O) groups is 4. The zero-order valence-corrected chi connectivity index (χ0v) is 38.6. The number of benzene rings is 1. The van der Waals surface area contributed by atoms with Crippen molar-refractivity contribution in [3.8, 4) is 30.0 Å². The minimum Gasteiger partial charge on any atom is -0.494 e. The number of rotatable bonds is 30. The fourth-order valence-electron chi connectivity index (χ4n) is 7.41. The summed E-state index contributed by atoms with van der Waals surface area (Å²) in [7, 11) is 1.40. The van der Waals surface area contributed by atoms with Gasteiger partial charge in [0.15, 0.2) is 5.82 Å². The zero-order chi connectivity index (χ0) is 49.4. The van der Waals surface area contributed by atoms with Crippen molar-refractivity contribution in [2.24, 2.45) is 0 Å². The number of fused-ring (bicyclic) bond motifs is 1. The summed E-state index contributed by atoms with van der Waals surface area (Å²) in [5.41, 5.74) is 2.64. The number of pyridine rings is 1. The number of aliphatic hydroxyl groups excluding tert-OH is 3. The predicted octanol–water partition coefficient (Wildman–Crippen LogP) is 0.277. The molecule has 5 rings (SSSR count). The van der Waals surface area contributed by atoms with Crippen LogP contribution in [0.25, 0.3) is 22.3 Å². The van der Waals surface area contributed by atoms with E-state index in [-0.39, 0.29) is 85.6 Å². The molecule has 4 aromatic rings. The summed E-state index contributed by atoms with van der Waals surface area (Å²) in [6.45, 7) is 2.85. The normalized spacial score (nSPS) is 13.0. The summed E-state index contributed by atoms with van der Waals surface area (Å²) in [4.78, 5) is 67.5. The second-order valence-electron chi connectivity index (χ2n) is 15.6. The first-order valence-corrected chi connectivity index (χ1v) is 22.5. The van der Waals surface area contributed by atoms with Crippen LogP contribution in [-0.2, 0) is 28.5 Å². The Morgan fingerprint density at radius 1 is 0.957 bits per heavy atom. The highest BCUT2D eigenvalue weighted by atomic mass is 16.6. The Kier molecular flexibility index (Phi) is 22.2. The topological polar surface area (TPSA) is 289 Å². The molecule has 0 saturated carbocycles. The predicted molar refractivity (Wildman–Crippen MR) is 249 cm³/mol. The Morgan fingerprint density at radius 2 is 1.64 bits per heavy atom. The number of aromatic amines is 1. The molecule has 6 N–H and O–H groups in total. The van der Waals surface area contributed by atoms with Gasteiger partial charge in [0.1, 0.15) is 18.7 Å². The summed E-state index contributed by atoms with van der Waals surface area (Å²) in [5.74, 6) is 0.0732. The number of H-pyrrole nitrogens is 1. The van der Waals surface area contributed by atoms with Crippen LogP contribution in [0, 0.1) is 23.7 Å². The molecule has 1 aliphatic rings. The molecule has 1 aromatic carbocycles. The number of aromatic nitrogens is 5. The van der Waals surface area contributed by atoms with E-state index in [4.69, 9.17) is 30.1 Å². The third kappa shape index (κ3) is 15.7. The van der Waals surface area contributed by atoms with E-state index < -0.39 is 43.0 Å². The zero-order valence-electron chi connectivity index (χ0n) is 38.6. The van der Waals surface area contributed by atoms with Crippen LogP contribution in [0.2, 0.25) is 0 Å². The first kappa shape index (κ1) is 53.4. The van der Waals surface area contributed by atoms with E-state index >= 15 is 0 Å². The lowest BCUT2D eigenvalue weighted by Crippen LogP contribution is -2.48. The van der Waals surface area contributed by atoms with E-state index in [0.29, 0.717) is 77.6 Å². The van der Waals surface area contributed by atoms with Gasteiger partial charge in [0.25, 0.3) is 17.6 Å². The molecule has 0 spiro atoms. The highest BCUT2D eigenvalue weighted by molar-refractivity contribution is 6.45. The number of piperidine rings is 1. The average molecular weight is 957 g/mol. The molecule has 1 fully saturated rings. The van der Waals surface area contributed by atoms with Crippen LogP contribution in [0.5, 0.6) is 5.75 Å². The van der Waals surface area contributed by atoms with Crippen LogP contribution in [0.4, 0.5) is 0 Å². The number of nitrogens with one attached hydrogen (secondary N) is 3. The van der Waals surface area contributed by atoms with Gasteiger partial charge in [-0.05, 0) is 30.4 Å². The minimum absolute atomic E-state index is 0.0266. The average Bonchev–Trinajstić information content (AvgIpc) is 4.06. The third-order valence-electron chi connectivity index (χ3n) is 11.0. The van der Waals surface area contributed by atoms with Gasteiger partial charge in [0, 0.05) is 51.9 Å². The number of methoxy groups -OCH3 is 1. The van der Waals surface area contributed by atoms with E-state index in [1.807, 2.05) is 30.3 Å². The summed E-state index contributed by atoms with van der Waals surface area (Å²) >= 11 is 0. The number of allylic oxidation sites excluding steroid dienone is 1. The van der Waals surface area contributed by atoms with Crippen LogP contribution < -0.4 is 15.4 Å². The standard InChI is InChI=1S/C47H60N10O12/c1-3-17-66-19-21-68-23-24-69-22-20-67-18-12-40(61)49-13-7-14-56(35(30-58)31-59)29-36(60)26-52-46(63)44-53-32-57(54-44)45-42-41(39(65-2)28-51-45)38(27-50-42)43(62)47(64)55-15-10-34(11-16-55)37(25-48)33-8-5-4-6-9-33/h1,4-6,8-9,27-28,32,35-36,50,58-60H,7,10-24,26,29-31H2,2H3,(H,49,61)(H,52,63)/t36-/m0/s1. The number of ketones is 1. The summed E-state index contributed by atoms with van der Waals surface area (Å²) < 4.78 is 28.1. The highest BCUT2D eigenvalue weighted by Gasteiger charge is 2.31. The smallest absolute Gasteiger partial charge is 0.295 e. The van der Waals surface area contributed by atoms with Gasteiger partial charge in [-0.3, -0.25) is 24.1 Å². The monoisotopic (exact) mass is 956 g/mol. The molecule has 0 aliphatic carbocycles. The number of nitrogens with zero attached hydrogens (tertiary/aromatic N) is 7. The molecule has 1 atom stereocenters. The highest BCUT2D eigenvalue weighted by Crippen LogP contribution is 2.33. The molecule has 3 aromatic heterocycles. The van der Waals surface area contributed by atoms with Gasteiger partial charge in [0.2, 0.25) is 11.7 Å². The van der Waals surface area contributed by atoms with Crippen molar-refractivity contribution in [1.29, 1.82) is 5.26 Å². The van der Waals surface area contributed by atoms with Crippen molar-refractivity contribution < 1.29 is 58.2 Å². The summed E-state index contributed by atoms with van der Waals surface area (Å²) in [5, 5.41) is 50.5. The Bertz CT molecular complexity index is 2400. The number of terminal acetylenes is 1. The van der Waals surface area contributed by atoms with Crippen molar-refractivity contribution in [3.05, 3.63) is 71.6 Å². The quantitative estimate of drug-likeness (QED) is 0.0135. The molecule has 1 saturated heterocycles. The molecule has 0 unspecified atom stereocenters. The van der Waals surface area contributed by atoms with Gasteiger partial charge >= 0.3 is 0 Å². The fourth-order valence-corrected chi connectivity index (χ4v) is 7.41. The largest absolute Gasteiger partial charge is 0.494 e. The Labute approximate surface area is 399 Å². The van der Waals surface area contributed by atoms with Gasteiger partial charge < -0.3 is 59.5 Å². The van der Waals surface area contributed by atoms with Gasteiger partial charge in [-0.1, -0.05) is 36.3 Å². The molecule has 22 heteroatoms. The van der Waals surface area contributed by atoms with E-state index in [9.17, 15) is 39.8 Å². The van der Waals surface area contributed by atoms with Gasteiger partial charge in [-0.25, -0.2) is 9.97 Å². The Morgan fingerprint density at radius 3 is 2.29 bits per heavy atom. The number of Topliss-reactive ketones (excluding diaryl/α,β-unsaturated/α-hetero) is 1. The number of amides is 3. The number of ether oxygens (including phenoxy) is 5. The number of carbonyl (C=O) groups excluding carboxylic acids is 4. The number of nitriles is 1. The second-order valence-corrected chi connectivity index (χ2v) is 15.6. The lowest BCUT2D eigenvalue weighted by molar-refractivity contribution is -0.127. The first-order chi connectivity index (χ1) is 33.6. The number of likely N-dealkylation sites (tertiary alicyclic amines) is 1. The number of hydrogen-bond donors (Lipinski definition) is 6. The van der Waals surface area contributed by atoms with Crippen molar-refractivity contribution in [2.75, 3.05) is 112 Å². The number of hydrogen-bond acceptors (Lipinski definition) is 17. The summed E-state index contributed by atoms with van der Waals surface area (Å²) in [6, 6.07) is 10.9. The van der Waals surface area contributed by atoms with Crippen molar-refractivity contribution >= 4 is 40.0 Å². The molecule has 0 bridgehead atoms. The van der Waals surface area contributed by atoms with Crippen LogP contribution in [0.15, 0.2) is 54.6 Å². The maximum Gasteiger partial charge on any atom is 0.295 e. The van der Waals surface area contributed by atoms with E-state index in [2.05, 4.69) is 42.7 Å². The Hall–Kier alpha value is -6.60. The van der Waals surface area contributed by atoms with Crippen molar-refractivity contribution in [3.63, 3.8) is 0 Å². The third-order valence-corrected chi connectivity index (χ3v) is 11.0. The second kappa shape index (κ2) is 28.7. The lowest BCUT2D eigenvalue weighted by Gasteiger charge is -2.31. The van der Waals surface area contributed by atoms with E-state index in [1.54, 1.807) is 4.90 Å². The molecular weight excluding hydrogens is 897 g/mol. The maximum absolute atomic E-state index is 13.8. The molecule has 370 valence electrons. The Balaban J connectivity index is 1.07. The van der Waals surface area contributed by atoms with E-state index in [0.717, 1.165) is 11.1 Å². The van der Waals surface area contributed by atoms with Crippen LogP contribution in [0.1, 0.15) is 52.2 Å².